The van der Waals surface area contributed by atoms with Gasteiger partial charge in [0, 0.05) is 37.8 Å². The molecule has 2 aromatic heterocycles. The van der Waals surface area contributed by atoms with Crippen LogP contribution in [-0.4, -0.2) is 39.5 Å². The number of fused-ring (bicyclic) bond motifs is 1. The minimum absolute atomic E-state index is 0.151. The number of piperidine rings is 1. The Morgan fingerprint density at radius 1 is 0.944 bits per heavy atom. The summed E-state index contributed by atoms with van der Waals surface area (Å²) in [6.45, 7) is 2.30. The zero-order valence-corrected chi connectivity index (χ0v) is 19.9. The molecule has 3 heterocycles. The zero-order valence-electron chi connectivity index (χ0n) is 19.9. The molecule has 7 nitrogen and oxygen atoms in total. The van der Waals surface area contributed by atoms with Crippen molar-refractivity contribution in [2.24, 2.45) is 0 Å². The Morgan fingerprint density at radius 3 is 2.44 bits per heavy atom. The third-order valence-electron chi connectivity index (χ3n) is 6.42. The van der Waals surface area contributed by atoms with Crippen molar-refractivity contribution in [2.45, 2.75) is 32.4 Å². The number of aromatic nitrogens is 2. The number of rotatable bonds is 6. The average Bonchev–Trinajstić information content (AvgIpc) is 3.26. The van der Waals surface area contributed by atoms with E-state index in [4.69, 9.17) is 0 Å². The number of urea groups is 1. The molecule has 36 heavy (non-hydrogen) atoms. The van der Waals surface area contributed by atoms with Gasteiger partial charge in [-0.15, -0.1) is 0 Å². The lowest BCUT2D eigenvalue weighted by Gasteiger charge is -2.26. The molecule has 0 radical (unpaired) electrons. The highest BCUT2D eigenvalue weighted by atomic mass is 19.1. The monoisotopic (exact) mass is 485 g/mol. The maximum Gasteiger partial charge on any atom is 0.321 e. The van der Waals surface area contributed by atoms with Crippen molar-refractivity contribution in [3.63, 3.8) is 0 Å². The van der Waals surface area contributed by atoms with Gasteiger partial charge in [-0.05, 0) is 48.6 Å². The first-order valence-corrected chi connectivity index (χ1v) is 12.2. The number of nitrogens with zero attached hydrogens (tertiary/aromatic N) is 3. The molecule has 1 aliphatic rings. The predicted octanol–water partition coefficient (Wildman–Crippen LogP) is 5.17. The topological polar surface area (TPSA) is 79.3 Å². The molecule has 0 spiro atoms. The lowest BCUT2D eigenvalue weighted by atomic mass is 10.1. The molecule has 0 saturated carbocycles. The third kappa shape index (κ3) is 5.38. The molecule has 0 unspecified atom stereocenters. The standard InChI is InChI=1S/C28H28FN5O2/c29-22-11-9-20(10-12-22)16-31-27(35)25-19-34(18-21-7-3-1-4-8-21)26-24(25)15-23(17-30-26)32-28(36)33-13-5-2-6-14-33/h1,3-4,7-12,15,17,19H,2,5-6,13-14,16,18H2,(H,31,35)(H,32,36). The van der Waals surface area contributed by atoms with Crippen molar-refractivity contribution in [3.05, 3.63) is 95.6 Å². The first-order chi connectivity index (χ1) is 17.6. The number of pyridine rings is 1. The summed E-state index contributed by atoms with van der Waals surface area (Å²) in [5.74, 6) is -0.586. The summed E-state index contributed by atoms with van der Waals surface area (Å²) in [6.07, 6.45) is 6.58. The van der Waals surface area contributed by atoms with Gasteiger partial charge in [-0.25, -0.2) is 14.2 Å². The van der Waals surface area contributed by atoms with Crippen LogP contribution in [0.25, 0.3) is 11.0 Å². The Kier molecular flexibility index (Phi) is 6.93. The van der Waals surface area contributed by atoms with Gasteiger partial charge in [0.05, 0.1) is 17.4 Å². The first kappa shape index (κ1) is 23.5. The molecule has 5 rings (SSSR count). The van der Waals surface area contributed by atoms with Gasteiger partial charge in [0.15, 0.2) is 0 Å². The number of carbonyl (C=O) groups is 2. The smallest absolute Gasteiger partial charge is 0.321 e. The van der Waals surface area contributed by atoms with Gasteiger partial charge < -0.3 is 20.1 Å². The molecule has 0 aliphatic carbocycles. The van der Waals surface area contributed by atoms with Gasteiger partial charge in [-0.2, -0.15) is 0 Å². The van der Waals surface area contributed by atoms with E-state index in [9.17, 15) is 14.0 Å². The van der Waals surface area contributed by atoms with Crippen LogP contribution in [0.5, 0.6) is 0 Å². The van der Waals surface area contributed by atoms with Crippen molar-refractivity contribution in [3.8, 4) is 0 Å². The van der Waals surface area contributed by atoms with Crippen molar-refractivity contribution in [1.82, 2.24) is 19.8 Å². The number of likely N-dealkylation sites (tertiary alicyclic amines) is 1. The van der Waals surface area contributed by atoms with Gasteiger partial charge >= 0.3 is 6.03 Å². The second kappa shape index (κ2) is 10.6. The minimum atomic E-state index is -0.320. The van der Waals surface area contributed by atoms with Crippen LogP contribution in [0.4, 0.5) is 14.9 Å². The molecule has 2 aromatic carbocycles. The van der Waals surface area contributed by atoms with Crippen LogP contribution in [0, 0.1) is 5.82 Å². The molecule has 184 valence electrons. The van der Waals surface area contributed by atoms with E-state index in [1.165, 1.54) is 12.1 Å². The summed E-state index contributed by atoms with van der Waals surface area (Å²) in [7, 11) is 0. The van der Waals surface area contributed by atoms with E-state index < -0.39 is 0 Å². The maximum absolute atomic E-state index is 13.2. The predicted molar refractivity (Wildman–Crippen MR) is 137 cm³/mol. The summed E-state index contributed by atoms with van der Waals surface area (Å²) in [5, 5.41) is 6.51. The average molecular weight is 486 g/mol. The summed E-state index contributed by atoms with van der Waals surface area (Å²) in [5.41, 5.74) is 3.54. The second-order valence-corrected chi connectivity index (χ2v) is 9.04. The summed E-state index contributed by atoms with van der Waals surface area (Å²) < 4.78 is 15.2. The lowest BCUT2D eigenvalue weighted by molar-refractivity contribution is 0.0952. The number of hydrogen-bond donors (Lipinski definition) is 2. The SMILES string of the molecule is O=C(NCc1ccc(F)cc1)c1cn(Cc2ccccc2)c2ncc(NC(=O)N3CCCCC3)cc12. The summed E-state index contributed by atoms with van der Waals surface area (Å²) in [6, 6.07) is 17.6. The molecule has 2 N–H and O–H groups in total. The van der Waals surface area contributed by atoms with E-state index in [1.807, 2.05) is 39.8 Å². The highest BCUT2D eigenvalue weighted by Gasteiger charge is 2.20. The molecular formula is C28H28FN5O2. The number of amides is 3. The van der Waals surface area contributed by atoms with E-state index in [0.29, 0.717) is 28.8 Å². The number of benzene rings is 2. The molecule has 1 saturated heterocycles. The van der Waals surface area contributed by atoms with Crippen molar-refractivity contribution in [1.29, 1.82) is 0 Å². The van der Waals surface area contributed by atoms with E-state index in [2.05, 4.69) is 15.6 Å². The van der Waals surface area contributed by atoms with E-state index >= 15 is 0 Å². The quantitative estimate of drug-likeness (QED) is 0.395. The molecule has 8 heteroatoms. The van der Waals surface area contributed by atoms with Crippen LogP contribution in [0.2, 0.25) is 0 Å². The zero-order chi connectivity index (χ0) is 24.9. The molecule has 4 aromatic rings. The van der Waals surface area contributed by atoms with Gasteiger partial charge in [0.2, 0.25) is 0 Å². The van der Waals surface area contributed by atoms with Gasteiger partial charge in [-0.1, -0.05) is 42.5 Å². The first-order valence-electron chi connectivity index (χ1n) is 12.2. The number of nitrogens with one attached hydrogen (secondary N) is 2. The Labute approximate surface area is 208 Å². The molecule has 0 bridgehead atoms. The van der Waals surface area contributed by atoms with Crippen LogP contribution >= 0.6 is 0 Å². The van der Waals surface area contributed by atoms with Crippen LogP contribution in [-0.2, 0) is 13.1 Å². The molecule has 1 aliphatic heterocycles. The maximum atomic E-state index is 13.2. The Bertz CT molecular complexity index is 1360. The van der Waals surface area contributed by atoms with Gasteiger partial charge in [0.25, 0.3) is 5.91 Å². The minimum Gasteiger partial charge on any atom is -0.348 e. The van der Waals surface area contributed by atoms with Crippen LogP contribution < -0.4 is 10.6 Å². The van der Waals surface area contributed by atoms with Crippen molar-refractivity contribution >= 4 is 28.7 Å². The Morgan fingerprint density at radius 2 is 1.69 bits per heavy atom. The second-order valence-electron chi connectivity index (χ2n) is 9.04. The van der Waals surface area contributed by atoms with E-state index in [1.54, 1.807) is 30.6 Å². The van der Waals surface area contributed by atoms with Crippen LogP contribution in [0.15, 0.2) is 73.1 Å². The molecule has 1 fully saturated rings. The fraction of sp³-hybridized carbons (Fsp3) is 0.250. The fourth-order valence-corrected chi connectivity index (χ4v) is 4.50. The summed E-state index contributed by atoms with van der Waals surface area (Å²) in [4.78, 5) is 32.4. The molecule has 0 atom stereocenters. The number of anilines is 1. The Balaban J connectivity index is 1.42. The highest BCUT2D eigenvalue weighted by Crippen LogP contribution is 2.25. The van der Waals surface area contributed by atoms with Crippen LogP contribution in [0.3, 0.4) is 0 Å². The molecule has 3 amide bonds. The number of halogens is 1. The van der Waals surface area contributed by atoms with E-state index in [-0.39, 0.29) is 24.3 Å². The number of hydrogen-bond acceptors (Lipinski definition) is 3. The highest BCUT2D eigenvalue weighted by molar-refractivity contribution is 6.07. The fourth-order valence-electron chi connectivity index (χ4n) is 4.50. The molecular weight excluding hydrogens is 457 g/mol. The summed E-state index contributed by atoms with van der Waals surface area (Å²) >= 11 is 0. The lowest BCUT2D eigenvalue weighted by Crippen LogP contribution is -2.38. The van der Waals surface area contributed by atoms with Crippen LogP contribution in [0.1, 0.15) is 40.7 Å². The van der Waals surface area contributed by atoms with Crippen molar-refractivity contribution in [2.75, 3.05) is 18.4 Å². The normalized spacial score (nSPS) is 13.5. The number of carbonyl (C=O) groups excluding carboxylic acids is 2. The van der Waals surface area contributed by atoms with E-state index in [0.717, 1.165) is 43.5 Å². The Hall–Kier alpha value is -4.20. The van der Waals surface area contributed by atoms with Gasteiger partial charge in [-0.3, -0.25) is 4.79 Å². The van der Waals surface area contributed by atoms with Crippen molar-refractivity contribution < 1.29 is 14.0 Å². The van der Waals surface area contributed by atoms with Gasteiger partial charge in [0.1, 0.15) is 11.5 Å². The largest absolute Gasteiger partial charge is 0.348 e. The third-order valence-corrected chi connectivity index (χ3v) is 6.42.